The molecule has 0 aromatic carbocycles. The molecule has 1 saturated heterocycles. The zero-order chi connectivity index (χ0) is 16.5. The van der Waals surface area contributed by atoms with Crippen LogP contribution in [0.25, 0.3) is 0 Å². The first kappa shape index (κ1) is 17.4. The van der Waals surface area contributed by atoms with Crippen LogP contribution in [0.15, 0.2) is 11.1 Å². The average Bonchev–Trinajstić information content (AvgIpc) is 3.08. The van der Waals surface area contributed by atoms with Gasteiger partial charge in [-0.2, -0.15) is 22.1 Å². The van der Waals surface area contributed by atoms with Gasteiger partial charge in [0.2, 0.25) is 0 Å². The fourth-order valence-corrected chi connectivity index (χ4v) is 5.30. The van der Waals surface area contributed by atoms with Gasteiger partial charge >= 0.3 is 0 Å². The van der Waals surface area contributed by atoms with E-state index in [1.807, 2.05) is 0 Å². The molecule has 1 aliphatic rings. The van der Waals surface area contributed by atoms with E-state index in [9.17, 15) is 16.8 Å². The van der Waals surface area contributed by atoms with Gasteiger partial charge in [-0.3, -0.25) is 5.10 Å². The van der Waals surface area contributed by atoms with Gasteiger partial charge in [0.05, 0.1) is 11.9 Å². The zero-order valence-corrected chi connectivity index (χ0v) is 14.6. The molecule has 0 aliphatic carbocycles. The quantitative estimate of drug-likeness (QED) is 0.789. The Hall–Kier alpha value is -0.970. The van der Waals surface area contributed by atoms with Crippen molar-refractivity contribution in [3.8, 4) is 0 Å². The molecule has 126 valence electrons. The highest BCUT2D eigenvalue weighted by Crippen LogP contribution is 2.32. The maximum Gasteiger partial charge on any atom is 0.281 e. The molecule has 1 fully saturated rings. The largest absolute Gasteiger partial charge is 0.281 e. The summed E-state index contributed by atoms with van der Waals surface area (Å²) in [5.41, 5.74) is 0.500. The van der Waals surface area contributed by atoms with Gasteiger partial charge in [-0.1, -0.05) is 13.8 Å². The molecule has 8 nitrogen and oxygen atoms in total. The molecule has 1 aromatic heterocycles. The second-order valence-electron chi connectivity index (χ2n) is 5.36. The predicted octanol–water partition coefficient (Wildman–Crippen LogP) is 0.189. The third kappa shape index (κ3) is 3.19. The van der Waals surface area contributed by atoms with Crippen molar-refractivity contribution in [2.75, 3.05) is 32.4 Å². The van der Waals surface area contributed by atoms with Crippen LogP contribution in [0.5, 0.6) is 0 Å². The second-order valence-corrected chi connectivity index (χ2v) is 9.27. The number of nitrogens with zero attached hydrogens (tertiary/aromatic N) is 3. The van der Waals surface area contributed by atoms with E-state index in [0.29, 0.717) is 31.7 Å². The lowest BCUT2D eigenvalue weighted by atomic mass is 10.1. The van der Waals surface area contributed by atoms with Crippen LogP contribution in [-0.2, 0) is 20.0 Å². The van der Waals surface area contributed by atoms with Crippen molar-refractivity contribution >= 4 is 20.0 Å². The number of hydrogen-bond acceptors (Lipinski definition) is 5. The molecule has 0 radical (unpaired) electrons. The summed E-state index contributed by atoms with van der Waals surface area (Å²) in [6, 6.07) is 0. The minimum absolute atomic E-state index is 0.152. The van der Waals surface area contributed by atoms with Crippen molar-refractivity contribution in [1.82, 2.24) is 18.8 Å². The summed E-state index contributed by atoms with van der Waals surface area (Å²) < 4.78 is 51.3. The summed E-state index contributed by atoms with van der Waals surface area (Å²) >= 11 is 0. The maximum absolute atomic E-state index is 12.5. The third-order valence-electron chi connectivity index (χ3n) is 3.95. The van der Waals surface area contributed by atoms with Crippen molar-refractivity contribution < 1.29 is 16.8 Å². The van der Waals surface area contributed by atoms with E-state index in [1.54, 1.807) is 13.8 Å². The van der Waals surface area contributed by atoms with Crippen molar-refractivity contribution in [1.29, 1.82) is 0 Å². The molecular weight excluding hydrogens is 328 g/mol. The van der Waals surface area contributed by atoms with E-state index in [1.165, 1.54) is 14.8 Å². The number of rotatable bonds is 6. The number of nitrogens with one attached hydrogen (secondary N) is 1. The molecule has 1 aromatic rings. The van der Waals surface area contributed by atoms with Crippen LogP contribution in [0.2, 0.25) is 0 Å². The summed E-state index contributed by atoms with van der Waals surface area (Å²) in [4.78, 5) is 0.152. The number of H-pyrrole nitrogens is 1. The van der Waals surface area contributed by atoms with Gasteiger partial charge < -0.3 is 0 Å². The second kappa shape index (κ2) is 6.26. The lowest BCUT2D eigenvalue weighted by molar-refractivity contribution is 0.377. The molecule has 0 bridgehead atoms. The van der Waals surface area contributed by atoms with Crippen molar-refractivity contribution in [2.45, 2.75) is 31.1 Å². The maximum atomic E-state index is 12.5. The Balaban J connectivity index is 2.23. The predicted molar refractivity (Wildman–Crippen MR) is 82.5 cm³/mol. The molecule has 2 rings (SSSR count). The Morgan fingerprint density at radius 3 is 2.50 bits per heavy atom. The van der Waals surface area contributed by atoms with Crippen LogP contribution >= 0.6 is 0 Å². The number of sulfone groups is 1. The van der Waals surface area contributed by atoms with Crippen LogP contribution in [0.4, 0.5) is 0 Å². The van der Waals surface area contributed by atoms with Gasteiger partial charge in [-0.15, -0.1) is 0 Å². The first-order valence-corrected chi connectivity index (χ1v) is 10.5. The number of aromatic nitrogens is 2. The molecule has 22 heavy (non-hydrogen) atoms. The van der Waals surface area contributed by atoms with Gasteiger partial charge in [0.1, 0.15) is 4.90 Å². The topological polar surface area (TPSA) is 103 Å². The van der Waals surface area contributed by atoms with Crippen LogP contribution < -0.4 is 0 Å². The third-order valence-corrected chi connectivity index (χ3v) is 7.23. The monoisotopic (exact) mass is 350 g/mol. The highest BCUT2D eigenvalue weighted by Gasteiger charge is 2.37. The average molecular weight is 350 g/mol. The van der Waals surface area contributed by atoms with Gasteiger partial charge in [0.15, 0.2) is 9.84 Å². The normalized spacial score (nSPS) is 20.8. The molecular formula is C12H22N4O4S2. The van der Waals surface area contributed by atoms with Gasteiger partial charge in [0, 0.05) is 38.4 Å². The van der Waals surface area contributed by atoms with E-state index in [-0.39, 0.29) is 17.4 Å². The molecule has 0 saturated carbocycles. The molecule has 1 N–H and O–H groups in total. The fraction of sp³-hybridized carbons (Fsp3) is 0.750. The van der Waals surface area contributed by atoms with E-state index in [4.69, 9.17) is 0 Å². The Morgan fingerprint density at radius 1 is 1.32 bits per heavy atom. The SMILES string of the molecule is CCN(CC)S(=O)(=O)N1CCC(c2[nH]ncc2S(C)(=O)=O)C1. The minimum Gasteiger partial charge on any atom is -0.281 e. The van der Waals surface area contributed by atoms with Crippen molar-refractivity contribution in [3.05, 3.63) is 11.9 Å². The summed E-state index contributed by atoms with van der Waals surface area (Å²) in [6.07, 6.45) is 2.98. The van der Waals surface area contributed by atoms with Crippen molar-refractivity contribution in [2.24, 2.45) is 0 Å². The lowest BCUT2D eigenvalue weighted by Gasteiger charge is -2.25. The molecule has 10 heteroatoms. The Labute approximate surface area is 131 Å². The van der Waals surface area contributed by atoms with Crippen LogP contribution in [0.3, 0.4) is 0 Å². The fourth-order valence-electron chi connectivity index (χ4n) is 2.76. The van der Waals surface area contributed by atoms with Gasteiger partial charge in [0.25, 0.3) is 10.2 Å². The molecule has 1 atom stereocenters. The molecule has 0 spiro atoms. The van der Waals surface area contributed by atoms with Crippen LogP contribution in [0, 0.1) is 0 Å². The van der Waals surface area contributed by atoms with E-state index >= 15 is 0 Å². The Bertz CT molecular complexity index is 722. The highest BCUT2D eigenvalue weighted by molar-refractivity contribution is 7.90. The summed E-state index contributed by atoms with van der Waals surface area (Å²) in [7, 11) is -6.87. The van der Waals surface area contributed by atoms with E-state index in [0.717, 1.165) is 6.26 Å². The first-order valence-electron chi connectivity index (χ1n) is 7.20. The molecule has 0 amide bonds. The highest BCUT2D eigenvalue weighted by atomic mass is 32.2. The van der Waals surface area contributed by atoms with Gasteiger partial charge in [-0.25, -0.2) is 8.42 Å². The number of hydrogen-bond donors (Lipinski definition) is 1. The summed E-state index contributed by atoms with van der Waals surface area (Å²) in [5.74, 6) is -0.183. The number of aromatic amines is 1. The summed E-state index contributed by atoms with van der Waals surface area (Å²) in [6.45, 7) is 5.07. The smallest absolute Gasteiger partial charge is 0.281 e. The van der Waals surface area contributed by atoms with Gasteiger partial charge in [-0.05, 0) is 6.42 Å². The lowest BCUT2D eigenvalue weighted by Crippen LogP contribution is -2.42. The van der Waals surface area contributed by atoms with E-state index in [2.05, 4.69) is 10.2 Å². The first-order chi connectivity index (χ1) is 10.2. The Morgan fingerprint density at radius 2 is 1.95 bits per heavy atom. The van der Waals surface area contributed by atoms with Crippen LogP contribution in [0.1, 0.15) is 31.9 Å². The van der Waals surface area contributed by atoms with E-state index < -0.39 is 20.0 Å². The zero-order valence-electron chi connectivity index (χ0n) is 13.0. The molecule has 1 aliphatic heterocycles. The van der Waals surface area contributed by atoms with Crippen molar-refractivity contribution in [3.63, 3.8) is 0 Å². The standard InChI is InChI=1S/C12H22N4O4S2/c1-4-15(5-2)22(19,20)16-7-6-10(9-16)12-11(8-13-14-12)21(3,17)18/h8,10H,4-7,9H2,1-3H3,(H,13,14). The Kier molecular flexibility index (Phi) is 4.95. The summed E-state index contributed by atoms with van der Waals surface area (Å²) in [5, 5.41) is 6.52. The molecule has 2 heterocycles. The molecule has 1 unspecified atom stereocenters. The van der Waals surface area contributed by atoms with Crippen LogP contribution in [-0.4, -0.2) is 68.1 Å². The minimum atomic E-state index is -3.49.